The highest BCUT2D eigenvalue weighted by Crippen LogP contribution is 2.45. The molecule has 0 saturated heterocycles. The number of carboxylic acids is 1. The maximum Gasteiger partial charge on any atom is 0.339 e. The van der Waals surface area contributed by atoms with Crippen molar-refractivity contribution < 1.29 is 46.7 Å². The molecule has 0 aliphatic heterocycles. The molecule has 1 aliphatic rings. The van der Waals surface area contributed by atoms with Crippen molar-refractivity contribution in [2.45, 2.75) is 61.0 Å². The molecular weight excluding hydrogens is 494 g/mol. The molecule has 0 radical (unpaired) electrons. The molecule has 0 saturated carbocycles. The van der Waals surface area contributed by atoms with E-state index in [4.69, 9.17) is 20.5 Å². The molecule has 0 spiro atoms. The van der Waals surface area contributed by atoms with Crippen LogP contribution in [0.3, 0.4) is 0 Å². The summed E-state index contributed by atoms with van der Waals surface area (Å²) in [5, 5.41) is 20.6. The lowest BCUT2D eigenvalue weighted by molar-refractivity contribution is -0.432. The zero-order valence-corrected chi connectivity index (χ0v) is 19.4. The molecule has 0 fully saturated rings. The Morgan fingerprint density at radius 3 is 2.62 bits per heavy atom. The number of benzene rings is 1. The van der Waals surface area contributed by atoms with E-state index in [1.165, 1.54) is 12.1 Å². The second-order valence-electron chi connectivity index (χ2n) is 7.88. The van der Waals surface area contributed by atoms with E-state index in [9.17, 15) is 27.4 Å². The van der Waals surface area contributed by atoms with Gasteiger partial charge in [0, 0.05) is 53.4 Å². The van der Waals surface area contributed by atoms with E-state index in [2.05, 4.69) is 9.37 Å². The molecule has 2 unspecified atom stereocenters. The Labute approximate surface area is 197 Å². The van der Waals surface area contributed by atoms with Gasteiger partial charge in [-0.2, -0.15) is 8.42 Å². The summed E-state index contributed by atoms with van der Waals surface area (Å²) >= 11 is 0.670. The summed E-state index contributed by atoms with van der Waals surface area (Å²) < 4.78 is 43.3. The number of carbonyl (C=O) groups excluding carboxylic acids is 1. The van der Waals surface area contributed by atoms with E-state index in [0.717, 1.165) is 0 Å². The van der Waals surface area contributed by atoms with E-state index >= 15 is 0 Å². The molecule has 1 aromatic carbocycles. The fourth-order valence-electron chi connectivity index (χ4n) is 4.30. The first-order valence-corrected chi connectivity index (χ1v) is 12.5. The Morgan fingerprint density at radius 2 is 1.97 bits per heavy atom. The molecule has 12 nitrogen and oxygen atoms in total. The van der Waals surface area contributed by atoms with Crippen molar-refractivity contribution in [1.29, 1.82) is 0 Å². The van der Waals surface area contributed by atoms with Crippen LogP contribution in [0.5, 0.6) is 0 Å². The second kappa shape index (κ2) is 10.8. The second-order valence-corrected chi connectivity index (χ2v) is 10.2. The number of unbranched alkanes of at least 4 members (excludes halogenated alkanes) is 1. The first-order chi connectivity index (χ1) is 16.0. The van der Waals surface area contributed by atoms with Crippen LogP contribution in [0.4, 0.5) is 5.69 Å². The number of aliphatic carboxylic acids is 1. The normalized spacial score (nSPS) is 16.5. The number of rotatable bonds is 12. The summed E-state index contributed by atoms with van der Waals surface area (Å²) in [6.07, 6.45) is 1.43. The SMILES string of the molecule is Nc1ccc2c3c(c(=O)oc2c1S(=O)(=O)O)CCC3C(CC(=O)CCCCC(=O)O)SOOO. The number of Topliss-reactive ketones (excluding diaryl/α,β-unsaturated/α-hetero) is 1. The Kier molecular flexibility index (Phi) is 8.33. The van der Waals surface area contributed by atoms with Gasteiger partial charge in [-0.25, -0.2) is 10.1 Å². The highest BCUT2D eigenvalue weighted by atomic mass is 32.2. The van der Waals surface area contributed by atoms with Gasteiger partial charge in [0.2, 0.25) is 0 Å². The fraction of sp³-hybridized carbons (Fsp3) is 0.450. The summed E-state index contributed by atoms with van der Waals surface area (Å²) in [6.45, 7) is 0. The number of nitrogens with two attached hydrogens (primary N) is 1. The number of fused-ring (bicyclic) bond motifs is 3. The molecule has 0 amide bonds. The minimum atomic E-state index is -4.82. The van der Waals surface area contributed by atoms with E-state index in [0.29, 0.717) is 42.4 Å². The third-order valence-corrected chi connectivity index (χ3v) is 7.52. The van der Waals surface area contributed by atoms with Crippen LogP contribution in [-0.4, -0.2) is 40.3 Å². The van der Waals surface area contributed by atoms with E-state index < -0.39 is 37.8 Å². The Morgan fingerprint density at radius 1 is 1.26 bits per heavy atom. The van der Waals surface area contributed by atoms with Gasteiger partial charge in [-0.15, -0.1) is 4.33 Å². The number of hydrogen-bond donors (Lipinski definition) is 4. The van der Waals surface area contributed by atoms with Crippen molar-refractivity contribution in [2.75, 3.05) is 5.73 Å². The highest BCUT2D eigenvalue weighted by molar-refractivity contribution is 7.95. The van der Waals surface area contributed by atoms with Crippen molar-refractivity contribution in [3.63, 3.8) is 0 Å². The van der Waals surface area contributed by atoms with Crippen molar-refractivity contribution in [3.8, 4) is 0 Å². The summed E-state index contributed by atoms with van der Waals surface area (Å²) in [6, 6.07) is 2.74. The lowest BCUT2D eigenvalue weighted by Gasteiger charge is -2.22. The number of hydrogen-bond acceptors (Lipinski definition) is 11. The fourth-order valence-corrected chi connectivity index (χ4v) is 5.84. The van der Waals surface area contributed by atoms with Gasteiger partial charge in [0.05, 0.1) is 5.69 Å². The van der Waals surface area contributed by atoms with Gasteiger partial charge in [-0.05, 0) is 43.4 Å². The molecule has 1 heterocycles. The molecule has 5 N–H and O–H groups in total. The Bertz CT molecular complexity index is 1260. The summed E-state index contributed by atoms with van der Waals surface area (Å²) in [5.41, 5.74) is 4.98. The van der Waals surface area contributed by atoms with Crippen molar-refractivity contribution in [3.05, 3.63) is 33.7 Å². The summed E-state index contributed by atoms with van der Waals surface area (Å²) in [7, 11) is -4.82. The molecule has 14 heteroatoms. The maximum absolute atomic E-state index is 12.6. The van der Waals surface area contributed by atoms with Gasteiger partial charge in [-0.1, -0.05) is 5.04 Å². The monoisotopic (exact) mass is 517 g/mol. The minimum Gasteiger partial charge on any atom is -0.481 e. The third-order valence-electron chi connectivity index (χ3n) is 5.70. The van der Waals surface area contributed by atoms with Crippen LogP contribution in [-0.2, 0) is 35.5 Å². The predicted octanol–water partition coefficient (Wildman–Crippen LogP) is 2.69. The number of carbonyl (C=O) groups is 2. The third kappa shape index (κ3) is 5.76. The van der Waals surface area contributed by atoms with Gasteiger partial charge in [0.15, 0.2) is 10.5 Å². The van der Waals surface area contributed by atoms with Crippen LogP contribution < -0.4 is 11.4 Å². The van der Waals surface area contributed by atoms with Gasteiger partial charge >= 0.3 is 11.6 Å². The van der Waals surface area contributed by atoms with Gasteiger partial charge in [0.1, 0.15) is 5.78 Å². The van der Waals surface area contributed by atoms with Crippen LogP contribution in [0.25, 0.3) is 11.0 Å². The minimum absolute atomic E-state index is 0.0486. The van der Waals surface area contributed by atoms with E-state index in [-0.39, 0.29) is 48.1 Å². The number of carboxylic acid groups (broad SMARTS) is 1. The molecule has 1 aliphatic carbocycles. The first-order valence-electron chi connectivity index (χ1n) is 10.3. The number of nitrogen functional groups attached to an aromatic ring is 1. The van der Waals surface area contributed by atoms with Crippen molar-refractivity contribution >= 4 is 50.6 Å². The zero-order chi connectivity index (χ0) is 25.0. The molecule has 0 bridgehead atoms. The molecule has 186 valence electrons. The maximum atomic E-state index is 12.6. The van der Waals surface area contributed by atoms with Gasteiger partial charge in [-0.3, -0.25) is 14.1 Å². The average Bonchev–Trinajstić information content (AvgIpc) is 3.19. The highest BCUT2D eigenvalue weighted by Gasteiger charge is 2.37. The molecule has 1 aromatic heterocycles. The number of ketones is 1. The van der Waals surface area contributed by atoms with Gasteiger partial charge in [0.25, 0.3) is 10.1 Å². The van der Waals surface area contributed by atoms with Crippen LogP contribution in [0.2, 0.25) is 0 Å². The average molecular weight is 518 g/mol. The Balaban J connectivity index is 1.99. The predicted molar refractivity (Wildman–Crippen MR) is 120 cm³/mol. The lowest BCUT2D eigenvalue weighted by atomic mass is 9.91. The standard InChI is InChI=1S/C20H23NO11S2/c21-14-8-7-12-17-11(5-6-13(17)20(25)30-18(12)19(14)34(27,28)29)15(33-32-31-26)9-10(22)3-1-2-4-16(23)24/h7-8,11,15,26H,1-6,9,21H2,(H,23,24)(H,27,28,29). The largest absolute Gasteiger partial charge is 0.481 e. The van der Waals surface area contributed by atoms with Crippen LogP contribution in [0.1, 0.15) is 55.6 Å². The molecule has 2 aromatic rings. The smallest absolute Gasteiger partial charge is 0.339 e. The summed E-state index contributed by atoms with van der Waals surface area (Å²) in [4.78, 5) is 35.1. The Hall–Kier alpha value is -2.49. The first kappa shape index (κ1) is 26.1. The van der Waals surface area contributed by atoms with E-state index in [1.807, 2.05) is 0 Å². The van der Waals surface area contributed by atoms with Crippen molar-refractivity contribution in [2.24, 2.45) is 0 Å². The molecule has 2 atom stereocenters. The van der Waals surface area contributed by atoms with Gasteiger partial charge < -0.3 is 15.3 Å². The molecule has 3 rings (SSSR count). The van der Waals surface area contributed by atoms with Crippen LogP contribution >= 0.6 is 12.0 Å². The van der Waals surface area contributed by atoms with Crippen LogP contribution in [0.15, 0.2) is 26.2 Å². The molecular formula is C20H23NO11S2. The number of anilines is 1. The quantitative estimate of drug-likeness (QED) is 0.0609. The topological polar surface area (TPSA) is 204 Å². The lowest BCUT2D eigenvalue weighted by Crippen LogP contribution is -2.20. The van der Waals surface area contributed by atoms with E-state index in [1.54, 1.807) is 0 Å². The molecule has 34 heavy (non-hydrogen) atoms. The summed E-state index contributed by atoms with van der Waals surface area (Å²) in [5.74, 6) is -1.64. The van der Waals surface area contributed by atoms with Crippen molar-refractivity contribution in [1.82, 2.24) is 0 Å². The zero-order valence-electron chi connectivity index (χ0n) is 17.8. The van der Waals surface area contributed by atoms with Crippen LogP contribution in [0, 0.1) is 0 Å².